The van der Waals surface area contributed by atoms with Crippen LogP contribution >= 0.6 is 0 Å². The molecule has 3 N–H and O–H groups in total. The minimum Gasteiger partial charge on any atom is -0.365 e. The summed E-state index contributed by atoms with van der Waals surface area (Å²) < 4.78 is 71.4. The van der Waals surface area contributed by atoms with Crippen molar-refractivity contribution in [3.63, 3.8) is 0 Å². The van der Waals surface area contributed by atoms with E-state index in [1.807, 2.05) is 0 Å². The van der Waals surface area contributed by atoms with E-state index in [4.69, 9.17) is 5.73 Å². The number of benzene rings is 2. The summed E-state index contributed by atoms with van der Waals surface area (Å²) in [5.74, 6) is -2.83. The summed E-state index contributed by atoms with van der Waals surface area (Å²) in [7, 11) is -4.26. The highest BCUT2D eigenvalue weighted by molar-refractivity contribution is 7.90. The Morgan fingerprint density at radius 1 is 1.08 bits per heavy atom. The van der Waals surface area contributed by atoms with Gasteiger partial charge in [0, 0.05) is 35.3 Å². The minimum absolute atomic E-state index is 0.00322. The number of aromatic nitrogens is 3. The molecule has 0 bridgehead atoms. The van der Waals surface area contributed by atoms with Gasteiger partial charge in [0.05, 0.1) is 11.1 Å². The maximum Gasteiger partial charge on any atom is 0.268 e. The average molecular weight is 516 g/mol. The molecule has 1 aliphatic rings. The summed E-state index contributed by atoms with van der Waals surface area (Å²) >= 11 is 0. The standard InChI is InChI=1S/C25H24F3N5O2S/c1-14-5-7-18(8-6-14)36(34,35)33-13-20(19-9-15(26)10-21(27)23(19)33)24-30-12-22(28)25(32-24)31-17-4-2-3-16(29)11-17/h5-10,12-13,16-17H,2-4,11,29H2,1H3,(H,30,31,32)/t16-,17+/m1/s1. The molecule has 11 heteroatoms. The molecule has 188 valence electrons. The average Bonchev–Trinajstić information content (AvgIpc) is 3.21. The molecule has 7 nitrogen and oxygen atoms in total. The van der Waals surface area contributed by atoms with Crippen LogP contribution in [-0.2, 0) is 10.0 Å². The molecular formula is C25H24F3N5O2S. The molecule has 4 aromatic rings. The van der Waals surface area contributed by atoms with Crippen LogP contribution in [0.4, 0.5) is 19.0 Å². The summed E-state index contributed by atoms with van der Waals surface area (Å²) in [5.41, 5.74) is 6.57. The molecular weight excluding hydrogens is 491 g/mol. The quantitative estimate of drug-likeness (QED) is 0.398. The van der Waals surface area contributed by atoms with E-state index < -0.39 is 27.5 Å². The van der Waals surface area contributed by atoms with Crippen LogP contribution in [0.5, 0.6) is 0 Å². The molecule has 36 heavy (non-hydrogen) atoms. The summed E-state index contributed by atoms with van der Waals surface area (Å²) in [6.07, 6.45) is 5.29. The third-order valence-corrected chi connectivity index (χ3v) is 8.08. The van der Waals surface area contributed by atoms with Crippen molar-refractivity contribution in [2.45, 2.75) is 49.6 Å². The Kier molecular flexibility index (Phi) is 6.21. The molecule has 2 atom stereocenters. The van der Waals surface area contributed by atoms with Crippen LogP contribution in [-0.4, -0.2) is 34.4 Å². The Bertz CT molecular complexity index is 1550. The predicted octanol–water partition coefficient (Wildman–Crippen LogP) is 4.74. The highest BCUT2D eigenvalue weighted by atomic mass is 32.2. The number of fused-ring (bicyclic) bond motifs is 1. The molecule has 2 aromatic heterocycles. The molecule has 0 spiro atoms. The Morgan fingerprint density at radius 3 is 2.56 bits per heavy atom. The molecule has 1 fully saturated rings. The van der Waals surface area contributed by atoms with Crippen molar-refractivity contribution in [1.82, 2.24) is 13.9 Å². The molecule has 5 rings (SSSR count). The van der Waals surface area contributed by atoms with Gasteiger partial charge in [-0.1, -0.05) is 17.7 Å². The number of anilines is 1. The molecule has 0 unspecified atom stereocenters. The first kappa shape index (κ1) is 24.3. The van der Waals surface area contributed by atoms with Gasteiger partial charge >= 0.3 is 0 Å². The van der Waals surface area contributed by atoms with Crippen molar-refractivity contribution in [3.05, 3.63) is 71.8 Å². The first-order chi connectivity index (χ1) is 17.1. The number of hydrogen-bond donors (Lipinski definition) is 2. The SMILES string of the molecule is Cc1ccc(S(=O)(=O)n2cc(-c3ncc(F)c(N[C@H]4CCC[C@@H](N)C4)n3)c3cc(F)cc(F)c32)cc1. The Labute approximate surface area is 206 Å². The van der Waals surface area contributed by atoms with E-state index in [9.17, 15) is 21.6 Å². The number of aryl methyl sites for hydroxylation is 1. The number of nitrogens with two attached hydrogens (primary N) is 1. The van der Waals surface area contributed by atoms with E-state index in [1.54, 1.807) is 19.1 Å². The number of halogens is 3. The fourth-order valence-electron chi connectivity index (χ4n) is 4.59. The topological polar surface area (TPSA) is 103 Å². The van der Waals surface area contributed by atoms with Crippen LogP contribution in [0.25, 0.3) is 22.3 Å². The van der Waals surface area contributed by atoms with Crippen LogP contribution in [0.1, 0.15) is 31.2 Å². The van der Waals surface area contributed by atoms with Crippen LogP contribution in [0.15, 0.2) is 53.7 Å². The van der Waals surface area contributed by atoms with Gasteiger partial charge in [0.2, 0.25) is 0 Å². The fourth-order valence-corrected chi connectivity index (χ4v) is 5.97. The van der Waals surface area contributed by atoms with Crippen LogP contribution in [0, 0.1) is 24.4 Å². The van der Waals surface area contributed by atoms with Crippen LogP contribution in [0.2, 0.25) is 0 Å². The second-order valence-corrected chi connectivity index (χ2v) is 10.9. The number of nitrogens with zero attached hydrogens (tertiary/aromatic N) is 3. The summed E-state index contributed by atoms with van der Waals surface area (Å²) in [6.45, 7) is 1.81. The van der Waals surface area contributed by atoms with Gasteiger partial charge in [0.1, 0.15) is 11.3 Å². The van der Waals surface area contributed by atoms with Crippen LogP contribution in [0.3, 0.4) is 0 Å². The van der Waals surface area contributed by atoms with Gasteiger partial charge in [-0.05, 0) is 50.8 Å². The Hall–Kier alpha value is -3.44. The number of nitrogens with one attached hydrogen (secondary N) is 1. The summed E-state index contributed by atoms with van der Waals surface area (Å²) in [4.78, 5) is 8.19. The molecule has 0 saturated heterocycles. The van der Waals surface area contributed by atoms with Crippen molar-refractivity contribution in [2.75, 3.05) is 5.32 Å². The maximum atomic E-state index is 15.0. The van der Waals surface area contributed by atoms with Crippen molar-refractivity contribution >= 4 is 26.7 Å². The first-order valence-corrected chi connectivity index (χ1v) is 12.9. The Morgan fingerprint density at radius 2 is 1.83 bits per heavy atom. The zero-order valence-electron chi connectivity index (χ0n) is 19.4. The Balaban J connectivity index is 1.65. The van der Waals surface area contributed by atoms with Gasteiger partial charge in [-0.3, -0.25) is 0 Å². The highest BCUT2D eigenvalue weighted by Gasteiger charge is 2.27. The second-order valence-electron chi connectivity index (χ2n) is 9.10. The second kappa shape index (κ2) is 9.21. The molecule has 0 amide bonds. The summed E-state index contributed by atoms with van der Waals surface area (Å²) in [5, 5.41) is 2.99. The van der Waals surface area contributed by atoms with Crippen LogP contribution < -0.4 is 11.1 Å². The highest BCUT2D eigenvalue weighted by Crippen LogP contribution is 2.34. The molecule has 0 radical (unpaired) electrons. The monoisotopic (exact) mass is 515 g/mol. The maximum absolute atomic E-state index is 15.0. The van der Waals surface area contributed by atoms with Gasteiger partial charge < -0.3 is 11.1 Å². The van der Waals surface area contributed by atoms with E-state index in [0.29, 0.717) is 12.5 Å². The predicted molar refractivity (Wildman–Crippen MR) is 130 cm³/mol. The molecule has 1 saturated carbocycles. The van der Waals surface area contributed by atoms with Gasteiger partial charge in [-0.15, -0.1) is 0 Å². The zero-order chi connectivity index (χ0) is 25.6. The lowest BCUT2D eigenvalue weighted by atomic mass is 9.92. The molecule has 1 aliphatic carbocycles. The zero-order valence-corrected chi connectivity index (χ0v) is 20.2. The lowest BCUT2D eigenvalue weighted by Gasteiger charge is -2.27. The molecule has 0 aliphatic heterocycles. The first-order valence-electron chi connectivity index (χ1n) is 11.5. The fraction of sp³-hybridized carbons (Fsp3) is 0.280. The lowest BCUT2D eigenvalue weighted by molar-refractivity contribution is 0.407. The molecule has 2 heterocycles. The van der Waals surface area contributed by atoms with E-state index in [2.05, 4.69) is 15.3 Å². The van der Waals surface area contributed by atoms with Crippen molar-refractivity contribution in [2.24, 2.45) is 5.73 Å². The third-order valence-electron chi connectivity index (χ3n) is 6.40. The van der Waals surface area contributed by atoms with Gasteiger partial charge in [0.25, 0.3) is 10.0 Å². The van der Waals surface area contributed by atoms with Crippen molar-refractivity contribution < 1.29 is 21.6 Å². The van der Waals surface area contributed by atoms with Gasteiger partial charge in [0.15, 0.2) is 23.3 Å². The van der Waals surface area contributed by atoms with E-state index >= 15 is 0 Å². The number of rotatable bonds is 5. The van der Waals surface area contributed by atoms with E-state index in [0.717, 1.165) is 47.3 Å². The largest absolute Gasteiger partial charge is 0.365 e. The van der Waals surface area contributed by atoms with Gasteiger partial charge in [-0.2, -0.15) is 0 Å². The van der Waals surface area contributed by atoms with E-state index in [1.165, 1.54) is 12.1 Å². The van der Waals surface area contributed by atoms with Crippen molar-refractivity contribution in [1.29, 1.82) is 0 Å². The third kappa shape index (κ3) is 4.44. The summed E-state index contributed by atoms with van der Waals surface area (Å²) in [6, 6.07) is 7.57. The number of hydrogen-bond acceptors (Lipinski definition) is 6. The minimum atomic E-state index is -4.26. The smallest absolute Gasteiger partial charge is 0.268 e. The van der Waals surface area contributed by atoms with Gasteiger partial charge in [-0.25, -0.2) is 35.5 Å². The van der Waals surface area contributed by atoms with Crippen molar-refractivity contribution in [3.8, 4) is 11.4 Å². The normalized spacial score (nSPS) is 18.5. The molecule has 2 aromatic carbocycles. The lowest BCUT2D eigenvalue weighted by Crippen LogP contribution is -2.35. The van der Waals surface area contributed by atoms with E-state index in [-0.39, 0.29) is 45.1 Å².